The summed E-state index contributed by atoms with van der Waals surface area (Å²) in [5.41, 5.74) is 1.09. The average molecular weight is 213 g/mol. The molecular formula is C11H17ClN2. The minimum atomic E-state index is 0.0734. The lowest BCUT2D eigenvalue weighted by molar-refractivity contribution is 0.382. The van der Waals surface area contributed by atoms with E-state index in [1.54, 1.807) is 6.20 Å². The highest BCUT2D eigenvalue weighted by molar-refractivity contribution is 6.21. The van der Waals surface area contributed by atoms with Gasteiger partial charge < -0.3 is 0 Å². The molecule has 78 valence electrons. The van der Waals surface area contributed by atoms with Crippen molar-refractivity contribution in [3.63, 3.8) is 0 Å². The van der Waals surface area contributed by atoms with Crippen LogP contribution in [0.2, 0.25) is 0 Å². The van der Waals surface area contributed by atoms with Gasteiger partial charge in [0.2, 0.25) is 0 Å². The molecule has 0 radical (unpaired) electrons. The van der Waals surface area contributed by atoms with Crippen molar-refractivity contribution in [3.8, 4) is 0 Å². The molecule has 1 unspecified atom stereocenters. The second-order valence-corrected chi connectivity index (χ2v) is 5.18. The SMILES string of the molecule is Cc1ccnc(CC(Cl)C(C)(C)C)n1. The Morgan fingerprint density at radius 2 is 2.07 bits per heavy atom. The normalized spacial score (nSPS) is 14.1. The zero-order valence-corrected chi connectivity index (χ0v) is 9.97. The van der Waals surface area contributed by atoms with Crippen LogP contribution in [-0.4, -0.2) is 15.3 Å². The van der Waals surface area contributed by atoms with E-state index in [-0.39, 0.29) is 10.8 Å². The molecule has 0 aliphatic heterocycles. The van der Waals surface area contributed by atoms with Crippen LogP contribution in [0.4, 0.5) is 0 Å². The topological polar surface area (TPSA) is 25.8 Å². The standard InChI is InChI=1S/C11H17ClN2/c1-8-5-6-13-10(14-8)7-9(12)11(2,3)4/h5-6,9H,7H2,1-4H3. The molecule has 0 aliphatic rings. The van der Waals surface area contributed by atoms with Gasteiger partial charge in [0.25, 0.3) is 0 Å². The first-order valence-electron chi connectivity index (χ1n) is 4.82. The van der Waals surface area contributed by atoms with Crippen LogP contribution in [0.3, 0.4) is 0 Å². The van der Waals surface area contributed by atoms with Crippen molar-refractivity contribution in [2.45, 2.75) is 39.5 Å². The summed E-state index contributed by atoms with van der Waals surface area (Å²) in [5.74, 6) is 0.833. The fourth-order valence-electron chi connectivity index (χ4n) is 1.07. The summed E-state index contributed by atoms with van der Waals surface area (Å²) in [6, 6.07) is 1.89. The number of rotatable bonds is 2. The fourth-order valence-corrected chi connectivity index (χ4v) is 1.20. The molecule has 1 aromatic heterocycles. The third-order valence-corrected chi connectivity index (χ3v) is 2.96. The Morgan fingerprint density at radius 1 is 1.43 bits per heavy atom. The summed E-state index contributed by atoms with van der Waals surface area (Å²) in [7, 11) is 0. The van der Waals surface area contributed by atoms with Gasteiger partial charge in [-0.15, -0.1) is 11.6 Å². The van der Waals surface area contributed by atoms with Gasteiger partial charge in [0, 0.05) is 23.7 Å². The lowest BCUT2D eigenvalue weighted by Crippen LogP contribution is -2.23. The largest absolute Gasteiger partial charge is 0.241 e. The summed E-state index contributed by atoms with van der Waals surface area (Å²) in [4.78, 5) is 8.53. The number of nitrogens with zero attached hydrogens (tertiary/aromatic N) is 2. The van der Waals surface area contributed by atoms with Crippen LogP contribution >= 0.6 is 11.6 Å². The Labute approximate surface area is 90.7 Å². The fraction of sp³-hybridized carbons (Fsp3) is 0.636. The second kappa shape index (κ2) is 4.26. The van der Waals surface area contributed by atoms with Gasteiger partial charge in [-0.05, 0) is 18.4 Å². The second-order valence-electron chi connectivity index (χ2n) is 4.65. The zero-order valence-electron chi connectivity index (χ0n) is 9.21. The van der Waals surface area contributed by atoms with Gasteiger partial charge in [-0.2, -0.15) is 0 Å². The first-order valence-corrected chi connectivity index (χ1v) is 5.26. The molecule has 0 amide bonds. The van der Waals surface area contributed by atoms with Crippen LogP contribution in [0.1, 0.15) is 32.3 Å². The first kappa shape index (κ1) is 11.4. The summed E-state index contributed by atoms with van der Waals surface area (Å²) < 4.78 is 0. The van der Waals surface area contributed by atoms with E-state index in [0.717, 1.165) is 17.9 Å². The van der Waals surface area contributed by atoms with Crippen molar-refractivity contribution >= 4 is 11.6 Å². The van der Waals surface area contributed by atoms with E-state index in [2.05, 4.69) is 30.7 Å². The molecule has 1 rings (SSSR count). The van der Waals surface area contributed by atoms with Gasteiger partial charge in [-0.3, -0.25) is 0 Å². The lowest BCUT2D eigenvalue weighted by atomic mass is 9.90. The van der Waals surface area contributed by atoms with Crippen molar-refractivity contribution in [2.24, 2.45) is 5.41 Å². The maximum Gasteiger partial charge on any atom is 0.130 e. The van der Waals surface area contributed by atoms with Gasteiger partial charge in [-0.1, -0.05) is 20.8 Å². The Balaban J connectivity index is 2.70. The molecule has 14 heavy (non-hydrogen) atoms. The number of hydrogen-bond donors (Lipinski definition) is 0. The van der Waals surface area contributed by atoms with Crippen LogP contribution < -0.4 is 0 Å². The van der Waals surface area contributed by atoms with Crippen molar-refractivity contribution in [1.82, 2.24) is 9.97 Å². The molecule has 1 heterocycles. The van der Waals surface area contributed by atoms with Gasteiger partial charge >= 0.3 is 0 Å². The highest BCUT2D eigenvalue weighted by Gasteiger charge is 2.23. The maximum absolute atomic E-state index is 6.26. The van der Waals surface area contributed by atoms with Crippen molar-refractivity contribution in [2.75, 3.05) is 0 Å². The molecule has 0 aliphatic carbocycles. The van der Waals surface area contributed by atoms with E-state index in [9.17, 15) is 0 Å². The van der Waals surface area contributed by atoms with Crippen molar-refractivity contribution in [3.05, 3.63) is 23.8 Å². The summed E-state index contributed by atoms with van der Waals surface area (Å²) in [6.45, 7) is 8.34. The van der Waals surface area contributed by atoms with Crippen molar-refractivity contribution in [1.29, 1.82) is 0 Å². The summed E-state index contributed by atoms with van der Waals surface area (Å²) in [5, 5.41) is 0.0734. The summed E-state index contributed by atoms with van der Waals surface area (Å²) >= 11 is 6.26. The smallest absolute Gasteiger partial charge is 0.130 e. The minimum absolute atomic E-state index is 0.0734. The van der Waals surface area contributed by atoms with Gasteiger partial charge in [0.15, 0.2) is 0 Å². The Bertz CT molecular complexity index is 304. The molecule has 0 aromatic carbocycles. The highest BCUT2D eigenvalue weighted by Crippen LogP contribution is 2.26. The Hall–Kier alpha value is -0.630. The van der Waals surface area contributed by atoms with Crippen molar-refractivity contribution < 1.29 is 0 Å². The van der Waals surface area contributed by atoms with E-state index >= 15 is 0 Å². The summed E-state index contributed by atoms with van der Waals surface area (Å²) in [6.07, 6.45) is 2.51. The average Bonchev–Trinajstić information content (AvgIpc) is 2.02. The van der Waals surface area contributed by atoms with E-state index in [0.29, 0.717) is 0 Å². The predicted octanol–water partition coefficient (Wildman–Crippen LogP) is 2.98. The van der Waals surface area contributed by atoms with Gasteiger partial charge in [0.05, 0.1) is 0 Å². The van der Waals surface area contributed by atoms with Crippen LogP contribution in [0.15, 0.2) is 12.3 Å². The molecule has 1 atom stereocenters. The lowest BCUT2D eigenvalue weighted by Gasteiger charge is -2.24. The van der Waals surface area contributed by atoms with Gasteiger partial charge in [-0.25, -0.2) is 9.97 Å². The molecular weight excluding hydrogens is 196 g/mol. The highest BCUT2D eigenvalue weighted by atomic mass is 35.5. The molecule has 0 fully saturated rings. The molecule has 1 aromatic rings. The predicted molar refractivity (Wildman–Crippen MR) is 59.6 cm³/mol. The molecule has 0 saturated carbocycles. The van der Waals surface area contributed by atoms with E-state index < -0.39 is 0 Å². The third kappa shape index (κ3) is 3.26. The van der Waals surface area contributed by atoms with Crippen LogP contribution in [0.25, 0.3) is 0 Å². The Morgan fingerprint density at radius 3 is 2.57 bits per heavy atom. The maximum atomic E-state index is 6.26. The third-order valence-electron chi connectivity index (χ3n) is 2.15. The molecule has 3 heteroatoms. The minimum Gasteiger partial charge on any atom is -0.241 e. The number of aromatic nitrogens is 2. The molecule has 0 spiro atoms. The molecule has 0 bridgehead atoms. The van der Waals surface area contributed by atoms with Crippen LogP contribution in [0.5, 0.6) is 0 Å². The van der Waals surface area contributed by atoms with Crippen LogP contribution in [0, 0.1) is 12.3 Å². The first-order chi connectivity index (χ1) is 6.39. The zero-order chi connectivity index (χ0) is 10.8. The van der Waals surface area contributed by atoms with Crippen LogP contribution in [-0.2, 0) is 6.42 Å². The quantitative estimate of drug-likeness (QED) is 0.705. The Kier molecular flexibility index (Phi) is 3.48. The van der Waals surface area contributed by atoms with E-state index in [1.165, 1.54) is 0 Å². The number of hydrogen-bond acceptors (Lipinski definition) is 2. The molecule has 0 saturated heterocycles. The van der Waals surface area contributed by atoms with E-state index in [4.69, 9.17) is 11.6 Å². The molecule has 0 N–H and O–H groups in total. The number of halogens is 1. The molecule has 2 nitrogen and oxygen atoms in total. The monoisotopic (exact) mass is 212 g/mol. The number of alkyl halides is 1. The number of aryl methyl sites for hydroxylation is 1. The van der Waals surface area contributed by atoms with E-state index in [1.807, 2.05) is 13.0 Å². The van der Waals surface area contributed by atoms with Gasteiger partial charge in [0.1, 0.15) is 5.82 Å².